The monoisotopic (exact) mass is 255 g/mol. The minimum Gasteiger partial charge on any atom is -0.507 e. The fourth-order valence-electron chi connectivity index (χ4n) is 2.31. The van der Waals surface area contributed by atoms with Gasteiger partial charge >= 0.3 is 0 Å². The summed E-state index contributed by atoms with van der Waals surface area (Å²) in [6.45, 7) is 7.33. The molecule has 2 heteroatoms. The Labute approximate surface area is 115 Å². The van der Waals surface area contributed by atoms with Crippen LogP contribution in [0.2, 0.25) is 0 Å². The van der Waals surface area contributed by atoms with Crippen molar-refractivity contribution in [1.29, 1.82) is 0 Å². The first-order valence-electron chi connectivity index (χ1n) is 6.84. The normalized spacial score (nSPS) is 10.9. The molecule has 0 amide bonds. The van der Waals surface area contributed by atoms with E-state index in [2.05, 4.69) is 36.9 Å². The summed E-state index contributed by atoms with van der Waals surface area (Å²) in [6.07, 6.45) is 0. The number of hydrogen-bond donors (Lipinski definition) is 1. The molecule has 0 unspecified atom stereocenters. The van der Waals surface area contributed by atoms with E-state index in [1.54, 1.807) is 6.07 Å². The molecular formula is C17H21NO. The fourth-order valence-corrected chi connectivity index (χ4v) is 2.31. The number of rotatable bonds is 5. The van der Waals surface area contributed by atoms with Gasteiger partial charge in [-0.25, -0.2) is 0 Å². The summed E-state index contributed by atoms with van der Waals surface area (Å²) in [5.74, 6) is 0.342. The average Bonchev–Trinajstić information content (AvgIpc) is 2.46. The Morgan fingerprint density at radius 2 is 1.42 bits per heavy atom. The number of aromatic hydroxyl groups is 1. The fraction of sp³-hybridized carbons (Fsp3) is 0.294. The van der Waals surface area contributed by atoms with Crippen LogP contribution in [0.25, 0.3) is 11.1 Å². The largest absolute Gasteiger partial charge is 0.507 e. The lowest BCUT2D eigenvalue weighted by Gasteiger charge is -2.20. The third-order valence-electron chi connectivity index (χ3n) is 3.50. The van der Waals surface area contributed by atoms with Gasteiger partial charge in [0.25, 0.3) is 0 Å². The van der Waals surface area contributed by atoms with Crippen molar-refractivity contribution >= 4 is 0 Å². The first kappa shape index (κ1) is 13.6. The van der Waals surface area contributed by atoms with Gasteiger partial charge in [-0.05, 0) is 30.3 Å². The molecule has 0 heterocycles. The second-order valence-electron chi connectivity index (χ2n) is 4.64. The van der Waals surface area contributed by atoms with Gasteiger partial charge in [-0.1, -0.05) is 56.3 Å². The molecule has 0 atom stereocenters. The van der Waals surface area contributed by atoms with E-state index in [0.29, 0.717) is 5.75 Å². The molecule has 2 rings (SSSR count). The van der Waals surface area contributed by atoms with Crippen molar-refractivity contribution < 1.29 is 5.11 Å². The third kappa shape index (κ3) is 3.15. The van der Waals surface area contributed by atoms with Crippen molar-refractivity contribution in [2.45, 2.75) is 20.4 Å². The summed E-state index contributed by atoms with van der Waals surface area (Å²) in [5, 5.41) is 10.0. The second-order valence-corrected chi connectivity index (χ2v) is 4.64. The summed E-state index contributed by atoms with van der Waals surface area (Å²) in [7, 11) is 0. The zero-order valence-electron chi connectivity index (χ0n) is 11.6. The van der Waals surface area contributed by atoms with Crippen LogP contribution in [0.4, 0.5) is 0 Å². The summed E-state index contributed by atoms with van der Waals surface area (Å²) in [4.78, 5) is 2.37. The molecule has 1 N–H and O–H groups in total. The predicted octanol–water partition coefficient (Wildman–Crippen LogP) is 3.90. The number of hydrogen-bond acceptors (Lipinski definition) is 2. The van der Waals surface area contributed by atoms with E-state index in [1.807, 2.05) is 24.3 Å². The van der Waals surface area contributed by atoms with E-state index >= 15 is 0 Å². The van der Waals surface area contributed by atoms with Gasteiger partial charge in [0.15, 0.2) is 0 Å². The maximum Gasteiger partial charge on any atom is 0.123 e. The zero-order chi connectivity index (χ0) is 13.7. The number of nitrogens with zero attached hydrogens (tertiary/aromatic N) is 1. The third-order valence-corrected chi connectivity index (χ3v) is 3.50. The molecule has 0 spiro atoms. The molecule has 0 aliphatic heterocycles. The van der Waals surface area contributed by atoms with Crippen LogP contribution in [0.3, 0.4) is 0 Å². The van der Waals surface area contributed by atoms with E-state index in [1.165, 1.54) is 5.56 Å². The highest BCUT2D eigenvalue weighted by molar-refractivity contribution is 5.72. The SMILES string of the molecule is CCN(CC)Cc1ccccc1-c1ccccc1O. The van der Waals surface area contributed by atoms with Crippen LogP contribution in [0.5, 0.6) is 5.75 Å². The predicted molar refractivity (Wildman–Crippen MR) is 80.2 cm³/mol. The van der Waals surface area contributed by atoms with Crippen LogP contribution in [0.15, 0.2) is 48.5 Å². The van der Waals surface area contributed by atoms with E-state index in [4.69, 9.17) is 0 Å². The number of phenols is 1. The lowest BCUT2D eigenvalue weighted by Crippen LogP contribution is -2.22. The van der Waals surface area contributed by atoms with Crippen molar-refractivity contribution in [2.75, 3.05) is 13.1 Å². The molecule has 2 aromatic rings. The number of phenolic OH excluding ortho intramolecular Hbond substituents is 1. The average molecular weight is 255 g/mol. The van der Waals surface area contributed by atoms with Crippen LogP contribution >= 0.6 is 0 Å². The maximum absolute atomic E-state index is 10.0. The summed E-state index contributed by atoms with van der Waals surface area (Å²) in [5.41, 5.74) is 3.28. The van der Waals surface area contributed by atoms with Crippen LogP contribution in [0.1, 0.15) is 19.4 Å². The molecule has 0 aliphatic carbocycles. The molecule has 0 saturated heterocycles. The van der Waals surface area contributed by atoms with Crippen molar-refractivity contribution in [2.24, 2.45) is 0 Å². The number of para-hydroxylation sites is 1. The van der Waals surface area contributed by atoms with Crippen molar-refractivity contribution in [3.05, 3.63) is 54.1 Å². The summed E-state index contributed by atoms with van der Waals surface area (Å²) in [6, 6.07) is 15.8. The molecule has 19 heavy (non-hydrogen) atoms. The van der Waals surface area contributed by atoms with E-state index in [0.717, 1.165) is 30.8 Å². The quantitative estimate of drug-likeness (QED) is 0.876. The minimum absolute atomic E-state index is 0.342. The van der Waals surface area contributed by atoms with E-state index in [9.17, 15) is 5.11 Å². The Bertz CT molecular complexity index is 532. The molecule has 0 bridgehead atoms. The summed E-state index contributed by atoms with van der Waals surface area (Å²) < 4.78 is 0. The highest BCUT2D eigenvalue weighted by atomic mass is 16.3. The molecule has 2 aromatic carbocycles. The Balaban J connectivity index is 2.39. The van der Waals surface area contributed by atoms with Gasteiger partial charge in [-0.15, -0.1) is 0 Å². The second kappa shape index (κ2) is 6.39. The Morgan fingerprint density at radius 1 is 0.842 bits per heavy atom. The van der Waals surface area contributed by atoms with E-state index in [-0.39, 0.29) is 0 Å². The molecule has 0 aliphatic rings. The van der Waals surface area contributed by atoms with Crippen LogP contribution in [-0.2, 0) is 6.54 Å². The van der Waals surface area contributed by atoms with Crippen molar-refractivity contribution in [3.8, 4) is 16.9 Å². The smallest absolute Gasteiger partial charge is 0.123 e. The highest BCUT2D eigenvalue weighted by Gasteiger charge is 2.10. The molecule has 0 fully saturated rings. The molecule has 2 nitrogen and oxygen atoms in total. The minimum atomic E-state index is 0.342. The molecular weight excluding hydrogens is 234 g/mol. The molecule has 0 aromatic heterocycles. The van der Waals surface area contributed by atoms with Crippen LogP contribution in [0, 0.1) is 0 Å². The standard InChI is InChI=1S/C17H21NO/c1-3-18(4-2)13-14-9-5-6-10-15(14)16-11-7-8-12-17(16)19/h5-12,19H,3-4,13H2,1-2H3. The zero-order valence-corrected chi connectivity index (χ0v) is 11.6. The Hall–Kier alpha value is -1.80. The maximum atomic E-state index is 10.0. The number of benzene rings is 2. The molecule has 100 valence electrons. The van der Waals surface area contributed by atoms with Crippen molar-refractivity contribution in [3.63, 3.8) is 0 Å². The Morgan fingerprint density at radius 3 is 2.05 bits per heavy atom. The van der Waals surface area contributed by atoms with Gasteiger partial charge in [-0.2, -0.15) is 0 Å². The molecule has 0 saturated carbocycles. The topological polar surface area (TPSA) is 23.5 Å². The van der Waals surface area contributed by atoms with Gasteiger partial charge < -0.3 is 5.11 Å². The van der Waals surface area contributed by atoms with Crippen LogP contribution < -0.4 is 0 Å². The van der Waals surface area contributed by atoms with Crippen LogP contribution in [-0.4, -0.2) is 23.1 Å². The molecule has 0 radical (unpaired) electrons. The van der Waals surface area contributed by atoms with E-state index < -0.39 is 0 Å². The first-order valence-corrected chi connectivity index (χ1v) is 6.84. The van der Waals surface area contributed by atoms with Gasteiger partial charge in [0.05, 0.1) is 0 Å². The first-order chi connectivity index (χ1) is 9.26. The van der Waals surface area contributed by atoms with Gasteiger partial charge in [0.2, 0.25) is 0 Å². The highest BCUT2D eigenvalue weighted by Crippen LogP contribution is 2.31. The Kier molecular flexibility index (Phi) is 4.58. The van der Waals surface area contributed by atoms with Gasteiger partial charge in [0, 0.05) is 12.1 Å². The van der Waals surface area contributed by atoms with Gasteiger partial charge in [-0.3, -0.25) is 4.90 Å². The lowest BCUT2D eigenvalue weighted by atomic mass is 9.98. The van der Waals surface area contributed by atoms with Gasteiger partial charge in [0.1, 0.15) is 5.75 Å². The van der Waals surface area contributed by atoms with Crippen molar-refractivity contribution in [1.82, 2.24) is 4.90 Å². The summed E-state index contributed by atoms with van der Waals surface area (Å²) >= 11 is 0. The lowest BCUT2D eigenvalue weighted by molar-refractivity contribution is 0.296.